The number of nitrogens with two attached hydrogens (primary N) is 1. The van der Waals surface area contributed by atoms with Crippen LogP contribution in [0.3, 0.4) is 0 Å². The molecule has 0 spiro atoms. The zero-order valence-electron chi connectivity index (χ0n) is 10.1. The molecular weight excluding hydrogens is 234 g/mol. The van der Waals surface area contributed by atoms with E-state index in [1.54, 1.807) is 0 Å². The monoisotopic (exact) mass is 247 g/mol. The molecule has 0 saturated carbocycles. The third-order valence-electron chi connectivity index (χ3n) is 2.74. The fourth-order valence-electron chi connectivity index (χ4n) is 1.67. The lowest BCUT2D eigenvalue weighted by Crippen LogP contribution is -2.02. The Balaban J connectivity index is 2.64. The van der Waals surface area contributed by atoms with E-state index in [2.05, 4.69) is 9.97 Å². The third kappa shape index (κ3) is 2.24. The van der Waals surface area contributed by atoms with Gasteiger partial charge in [-0.3, -0.25) is 0 Å². The molecule has 0 unspecified atom stereocenters. The quantitative estimate of drug-likeness (QED) is 0.841. The van der Waals surface area contributed by atoms with Crippen LogP contribution in [0, 0.1) is 20.8 Å². The van der Waals surface area contributed by atoms with Gasteiger partial charge in [0.1, 0.15) is 11.6 Å². The maximum Gasteiger partial charge on any atom is 0.130 e. The molecule has 2 rings (SSSR count). The average molecular weight is 248 g/mol. The molecule has 17 heavy (non-hydrogen) atoms. The molecular formula is C13H14ClN3. The van der Waals surface area contributed by atoms with E-state index in [1.807, 2.05) is 39.0 Å². The van der Waals surface area contributed by atoms with E-state index < -0.39 is 0 Å². The summed E-state index contributed by atoms with van der Waals surface area (Å²) in [4.78, 5) is 8.56. The maximum absolute atomic E-state index is 6.12. The number of aryl methyl sites for hydroxylation is 2. The lowest BCUT2D eigenvalue weighted by Gasteiger charge is -2.09. The van der Waals surface area contributed by atoms with E-state index in [0.29, 0.717) is 11.6 Å². The molecule has 0 amide bonds. The van der Waals surface area contributed by atoms with E-state index in [4.69, 9.17) is 17.3 Å². The maximum atomic E-state index is 6.12. The first kappa shape index (κ1) is 11.9. The standard InChI is InChI=1S/C13H14ClN3/c1-7-4-5-10(6-11(7)14)12-8(2)13(15)17-9(3)16-12/h4-6H,1-3H3,(H2,15,16,17). The van der Waals surface area contributed by atoms with Crippen LogP contribution in [0.5, 0.6) is 0 Å². The number of benzene rings is 1. The Labute approximate surface area is 106 Å². The lowest BCUT2D eigenvalue weighted by atomic mass is 10.1. The zero-order chi connectivity index (χ0) is 12.6. The average Bonchev–Trinajstić information content (AvgIpc) is 2.27. The van der Waals surface area contributed by atoms with Gasteiger partial charge in [-0.1, -0.05) is 23.7 Å². The van der Waals surface area contributed by atoms with Crippen molar-refractivity contribution >= 4 is 17.4 Å². The van der Waals surface area contributed by atoms with Crippen molar-refractivity contribution in [1.29, 1.82) is 0 Å². The number of hydrogen-bond donors (Lipinski definition) is 1. The number of nitrogens with zero attached hydrogens (tertiary/aromatic N) is 2. The van der Waals surface area contributed by atoms with Crippen molar-refractivity contribution in [2.45, 2.75) is 20.8 Å². The van der Waals surface area contributed by atoms with Crippen LogP contribution in [0.15, 0.2) is 18.2 Å². The van der Waals surface area contributed by atoms with Gasteiger partial charge in [0, 0.05) is 16.1 Å². The smallest absolute Gasteiger partial charge is 0.130 e. The van der Waals surface area contributed by atoms with Crippen molar-refractivity contribution in [2.24, 2.45) is 0 Å². The highest BCUT2D eigenvalue weighted by atomic mass is 35.5. The van der Waals surface area contributed by atoms with Crippen molar-refractivity contribution in [3.05, 3.63) is 40.2 Å². The van der Waals surface area contributed by atoms with E-state index in [0.717, 1.165) is 27.4 Å². The van der Waals surface area contributed by atoms with Crippen LogP contribution >= 0.6 is 11.6 Å². The highest BCUT2D eigenvalue weighted by molar-refractivity contribution is 6.31. The normalized spacial score (nSPS) is 10.6. The Morgan fingerprint density at radius 2 is 1.82 bits per heavy atom. The van der Waals surface area contributed by atoms with Gasteiger partial charge in [0.2, 0.25) is 0 Å². The van der Waals surface area contributed by atoms with Crippen molar-refractivity contribution in [1.82, 2.24) is 9.97 Å². The summed E-state index contributed by atoms with van der Waals surface area (Å²) in [5, 5.41) is 0.733. The predicted octanol–water partition coefficient (Wildman–Crippen LogP) is 3.30. The second kappa shape index (κ2) is 4.34. The minimum atomic E-state index is 0.518. The van der Waals surface area contributed by atoms with Crippen molar-refractivity contribution in [2.75, 3.05) is 5.73 Å². The van der Waals surface area contributed by atoms with Gasteiger partial charge in [0.15, 0.2) is 0 Å². The summed E-state index contributed by atoms with van der Waals surface area (Å²) >= 11 is 6.12. The molecule has 0 atom stereocenters. The second-order valence-corrected chi connectivity index (χ2v) is 4.50. The summed E-state index contributed by atoms with van der Waals surface area (Å²) in [7, 11) is 0. The van der Waals surface area contributed by atoms with Gasteiger partial charge >= 0.3 is 0 Å². The van der Waals surface area contributed by atoms with E-state index >= 15 is 0 Å². The van der Waals surface area contributed by atoms with Gasteiger partial charge in [0.25, 0.3) is 0 Å². The minimum absolute atomic E-state index is 0.518. The Morgan fingerprint density at radius 1 is 1.12 bits per heavy atom. The summed E-state index contributed by atoms with van der Waals surface area (Å²) in [5.41, 5.74) is 9.59. The number of rotatable bonds is 1. The molecule has 0 radical (unpaired) electrons. The SMILES string of the molecule is Cc1nc(N)c(C)c(-c2ccc(C)c(Cl)c2)n1. The molecule has 1 heterocycles. The Bertz CT molecular complexity index is 579. The van der Waals surface area contributed by atoms with Crippen LogP contribution in [0.1, 0.15) is 17.0 Å². The van der Waals surface area contributed by atoms with Crippen LogP contribution in [0.4, 0.5) is 5.82 Å². The molecule has 0 aliphatic heterocycles. The summed E-state index contributed by atoms with van der Waals surface area (Å²) < 4.78 is 0. The Hall–Kier alpha value is -1.61. The number of hydrogen-bond acceptors (Lipinski definition) is 3. The zero-order valence-corrected chi connectivity index (χ0v) is 10.8. The summed E-state index contributed by atoms with van der Waals surface area (Å²) in [6.07, 6.45) is 0. The molecule has 1 aromatic heterocycles. The fraction of sp³-hybridized carbons (Fsp3) is 0.231. The lowest BCUT2D eigenvalue weighted by molar-refractivity contribution is 1.05. The van der Waals surface area contributed by atoms with Gasteiger partial charge in [-0.2, -0.15) is 0 Å². The van der Waals surface area contributed by atoms with Gasteiger partial charge < -0.3 is 5.73 Å². The van der Waals surface area contributed by atoms with Gasteiger partial charge in [-0.15, -0.1) is 0 Å². The molecule has 2 N–H and O–H groups in total. The Kier molecular flexibility index (Phi) is 3.03. The van der Waals surface area contributed by atoms with Crippen molar-refractivity contribution in [3.8, 4) is 11.3 Å². The molecule has 1 aromatic carbocycles. The largest absolute Gasteiger partial charge is 0.383 e. The number of nitrogen functional groups attached to an aromatic ring is 1. The predicted molar refractivity (Wildman–Crippen MR) is 71.1 cm³/mol. The first-order chi connectivity index (χ1) is 7.99. The molecule has 0 saturated heterocycles. The summed E-state index contributed by atoms with van der Waals surface area (Å²) in [6, 6.07) is 5.88. The number of aromatic nitrogens is 2. The summed E-state index contributed by atoms with van der Waals surface area (Å²) in [5.74, 6) is 1.18. The molecule has 3 nitrogen and oxygen atoms in total. The van der Waals surface area contributed by atoms with E-state index in [9.17, 15) is 0 Å². The number of halogens is 1. The molecule has 0 aliphatic carbocycles. The molecule has 0 aliphatic rings. The van der Waals surface area contributed by atoms with Crippen LogP contribution in [0.25, 0.3) is 11.3 Å². The molecule has 0 bridgehead atoms. The molecule has 0 fully saturated rings. The first-order valence-corrected chi connectivity index (χ1v) is 5.74. The number of anilines is 1. The van der Waals surface area contributed by atoms with Gasteiger partial charge in [0.05, 0.1) is 5.69 Å². The third-order valence-corrected chi connectivity index (χ3v) is 3.15. The van der Waals surface area contributed by atoms with Gasteiger partial charge in [-0.25, -0.2) is 9.97 Å². The van der Waals surface area contributed by atoms with E-state index in [-0.39, 0.29) is 0 Å². The van der Waals surface area contributed by atoms with Crippen molar-refractivity contribution < 1.29 is 0 Å². The highest BCUT2D eigenvalue weighted by Gasteiger charge is 2.09. The van der Waals surface area contributed by atoms with E-state index in [1.165, 1.54) is 0 Å². The molecule has 88 valence electrons. The van der Waals surface area contributed by atoms with Crippen molar-refractivity contribution in [3.63, 3.8) is 0 Å². The van der Waals surface area contributed by atoms with Crippen LogP contribution in [-0.2, 0) is 0 Å². The minimum Gasteiger partial charge on any atom is -0.383 e. The first-order valence-electron chi connectivity index (χ1n) is 5.36. The summed E-state index contributed by atoms with van der Waals surface area (Å²) in [6.45, 7) is 5.71. The topological polar surface area (TPSA) is 51.8 Å². The van der Waals surface area contributed by atoms with Crippen LogP contribution < -0.4 is 5.73 Å². The van der Waals surface area contributed by atoms with Crippen LogP contribution in [-0.4, -0.2) is 9.97 Å². The highest BCUT2D eigenvalue weighted by Crippen LogP contribution is 2.27. The Morgan fingerprint density at radius 3 is 2.47 bits per heavy atom. The van der Waals surface area contributed by atoms with Crippen LogP contribution in [0.2, 0.25) is 5.02 Å². The fourth-order valence-corrected chi connectivity index (χ4v) is 1.85. The van der Waals surface area contributed by atoms with Gasteiger partial charge in [-0.05, 0) is 32.4 Å². The molecule has 4 heteroatoms. The second-order valence-electron chi connectivity index (χ2n) is 4.09. The molecule has 2 aromatic rings.